The topological polar surface area (TPSA) is 70.2 Å². The number of carbonyl (C=O) groups is 2. The van der Waals surface area contributed by atoms with Gasteiger partial charge in [0.15, 0.2) is 0 Å². The van der Waals surface area contributed by atoms with E-state index in [1.807, 2.05) is 0 Å². The zero-order valence-electron chi connectivity index (χ0n) is 12.7. The van der Waals surface area contributed by atoms with Crippen LogP contribution in [0.15, 0.2) is 11.6 Å². The molecule has 0 bridgehead atoms. The van der Waals surface area contributed by atoms with Crippen LogP contribution < -0.4 is 16.0 Å². The summed E-state index contributed by atoms with van der Waals surface area (Å²) >= 11 is 0. The third-order valence-corrected chi connectivity index (χ3v) is 4.32. The maximum atomic E-state index is 11.8. The standard InChI is InChI=1S/C16H27N3O2/c20-15(10-13-4-2-1-3-5-13)19-12-16(21)18-11-14-6-8-17-9-7-14/h6,13,17H,1-5,7-12H2,(H,18,21)(H,19,20). The average molecular weight is 293 g/mol. The summed E-state index contributed by atoms with van der Waals surface area (Å²) in [5.41, 5.74) is 1.26. The molecule has 2 rings (SSSR count). The quantitative estimate of drug-likeness (QED) is 0.643. The van der Waals surface area contributed by atoms with Gasteiger partial charge in [-0.1, -0.05) is 30.9 Å². The van der Waals surface area contributed by atoms with Crippen LogP contribution in [-0.4, -0.2) is 38.0 Å². The van der Waals surface area contributed by atoms with E-state index in [9.17, 15) is 9.59 Å². The minimum Gasteiger partial charge on any atom is -0.351 e. The molecule has 0 radical (unpaired) electrons. The second-order valence-corrected chi connectivity index (χ2v) is 6.08. The van der Waals surface area contributed by atoms with E-state index in [0.29, 0.717) is 18.9 Å². The smallest absolute Gasteiger partial charge is 0.239 e. The zero-order valence-corrected chi connectivity index (χ0v) is 12.7. The largest absolute Gasteiger partial charge is 0.351 e. The van der Waals surface area contributed by atoms with Crippen molar-refractivity contribution in [2.75, 3.05) is 26.2 Å². The molecule has 0 spiro atoms. The molecular weight excluding hydrogens is 266 g/mol. The Kier molecular flexibility index (Phi) is 6.73. The first-order valence-electron chi connectivity index (χ1n) is 8.16. The van der Waals surface area contributed by atoms with Crippen molar-refractivity contribution in [1.29, 1.82) is 0 Å². The van der Waals surface area contributed by atoms with E-state index in [-0.39, 0.29) is 18.4 Å². The summed E-state index contributed by atoms with van der Waals surface area (Å²) in [7, 11) is 0. The van der Waals surface area contributed by atoms with Gasteiger partial charge in [-0.15, -0.1) is 0 Å². The molecule has 1 heterocycles. The lowest BCUT2D eigenvalue weighted by atomic mass is 9.87. The summed E-state index contributed by atoms with van der Waals surface area (Å²) < 4.78 is 0. The van der Waals surface area contributed by atoms with Crippen molar-refractivity contribution in [2.45, 2.75) is 44.9 Å². The Morgan fingerprint density at radius 2 is 1.95 bits per heavy atom. The zero-order chi connectivity index (χ0) is 14.9. The number of amides is 2. The molecule has 2 aliphatic rings. The molecule has 0 aromatic carbocycles. The molecule has 0 unspecified atom stereocenters. The Bertz CT molecular complexity index is 387. The van der Waals surface area contributed by atoms with Crippen molar-refractivity contribution < 1.29 is 9.59 Å². The van der Waals surface area contributed by atoms with Crippen LogP contribution in [-0.2, 0) is 9.59 Å². The molecule has 1 aliphatic carbocycles. The van der Waals surface area contributed by atoms with Crippen LogP contribution in [0.3, 0.4) is 0 Å². The summed E-state index contributed by atoms with van der Waals surface area (Å²) in [5, 5.41) is 8.83. The number of rotatable bonds is 6. The van der Waals surface area contributed by atoms with Gasteiger partial charge in [0.2, 0.25) is 11.8 Å². The highest BCUT2D eigenvalue weighted by atomic mass is 16.2. The summed E-state index contributed by atoms with van der Waals surface area (Å²) in [6, 6.07) is 0. The summed E-state index contributed by atoms with van der Waals surface area (Å²) in [5.74, 6) is 0.422. The molecule has 2 amide bonds. The van der Waals surface area contributed by atoms with Gasteiger partial charge < -0.3 is 16.0 Å². The fraction of sp³-hybridized carbons (Fsp3) is 0.750. The van der Waals surface area contributed by atoms with Crippen LogP contribution in [0.4, 0.5) is 0 Å². The molecule has 1 saturated carbocycles. The molecule has 0 aromatic rings. The van der Waals surface area contributed by atoms with Crippen molar-refractivity contribution in [3.63, 3.8) is 0 Å². The molecule has 21 heavy (non-hydrogen) atoms. The average Bonchev–Trinajstić information content (AvgIpc) is 2.53. The van der Waals surface area contributed by atoms with Gasteiger partial charge in [-0.2, -0.15) is 0 Å². The molecule has 1 fully saturated rings. The van der Waals surface area contributed by atoms with Gasteiger partial charge in [-0.05, 0) is 31.7 Å². The Morgan fingerprint density at radius 3 is 2.67 bits per heavy atom. The highest BCUT2D eigenvalue weighted by Gasteiger charge is 2.17. The highest BCUT2D eigenvalue weighted by Crippen LogP contribution is 2.25. The highest BCUT2D eigenvalue weighted by molar-refractivity contribution is 5.84. The van der Waals surface area contributed by atoms with Crippen LogP contribution >= 0.6 is 0 Å². The Hall–Kier alpha value is -1.36. The molecule has 0 saturated heterocycles. The Balaban J connectivity index is 1.57. The minimum absolute atomic E-state index is 0.0122. The monoisotopic (exact) mass is 293 g/mol. The maximum absolute atomic E-state index is 11.8. The van der Waals surface area contributed by atoms with E-state index in [4.69, 9.17) is 0 Å². The van der Waals surface area contributed by atoms with Crippen molar-refractivity contribution >= 4 is 11.8 Å². The predicted molar refractivity (Wildman–Crippen MR) is 82.8 cm³/mol. The first kappa shape index (κ1) is 16.0. The number of hydrogen-bond donors (Lipinski definition) is 3. The molecule has 0 atom stereocenters. The molecule has 1 aliphatic heterocycles. The summed E-state index contributed by atoms with van der Waals surface area (Å²) in [4.78, 5) is 23.5. The fourth-order valence-corrected chi connectivity index (χ4v) is 3.01. The van der Waals surface area contributed by atoms with Crippen molar-refractivity contribution in [1.82, 2.24) is 16.0 Å². The van der Waals surface area contributed by atoms with Crippen LogP contribution in [0.25, 0.3) is 0 Å². The normalized spacial score (nSPS) is 19.7. The minimum atomic E-state index is -0.105. The van der Waals surface area contributed by atoms with Crippen LogP contribution in [0.2, 0.25) is 0 Å². The van der Waals surface area contributed by atoms with Crippen molar-refractivity contribution in [3.05, 3.63) is 11.6 Å². The molecule has 118 valence electrons. The maximum Gasteiger partial charge on any atom is 0.239 e. The number of carbonyl (C=O) groups excluding carboxylic acids is 2. The van der Waals surface area contributed by atoms with Gasteiger partial charge in [-0.3, -0.25) is 9.59 Å². The van der Waals surface area contributed by atoms with Crippen molar-refractivity contribution in [3.8, 4) is 0 Å². The van der Waals surface area contributed by atoms with Crippen LogP contribution in [0, 0.1) is 5.92 Å². The fourth-order valence-electron chi connectivity index (χ4n) is 3.01. The van der Waals surface area contributed by atoms with Gasteiger partial charge in [-0.25, -0.2) is 0 Å². The molecule has 5 heteroatoms. The second-order valence-electron chi connectivity index (χ2n) is 6.08. The van der Waals surface area contributed by atoms with E-state index >= 15 is 0 Å². The van der Waals surface area contributed by atoms with Gasteiger partial charge in [0.05, 0.1) is 6.54 Å². The predicted octanol–water partition coefficient (Wildman–Crippen LogP) is 1.11. The third kappa shape index (κ3) is 6.29. The van der Waals surface area contributed by atoms with E-state index < -0.39 is 0 Å². The van der Waals surface area contributed by atoms with Crippen molar-refractivity contribution in [2.24, 2.45) is 5.92 Å². The third-order valence-electron chi connectivity index (χ3n) is 4.32. The second kappa shape index (κ2) is 8.82. The van der Waals surface area contributed by atoms with Gasteiger partial charge in [0.1, 0.15) is 0 Å². The van der Waals surface area contributed by atoms with E-state index in [1.165, 1.54) is 24.8 Å². The summed E-state index contributed by atoms with van der Waals surface area (Å²) in [6.07, 6.45) is 9.75. The number of hydrogen-bond acceptors (Lipinski definition) is 3. The molecular formula is C16H27N3O2. The van der Waals surface area contributed by atoms with Crippen LogP contribution in [0.1, 0.15) is 44.9 Å². The van der Waals surface area contributed by atoms with Crippen LogP contribution in [0.5, 0.6) is 0 Å². The first-order valence-corrected chi connectivity index (χ1v) is 8.16. The van der Waals surface area contributed by atoms with Gasteiger partial charge in [0, 0.05) is 19.5 Å². The van der Waals surface area contributed by atoms with E-state index in [1.54, 1.807) is 0 Å². The molecule has 3 N–H and O–H groups in total. The van der Waals surface area contributed by atoms with Gasteiger partial charge >= 0.3 is 0 Å². The van der Waals surface area contributed by atoms with Gasteiger partial charge in [0.25, 0.3) is 0 Å². The van der Waals surface area contributed by atoms with E-state index in [0.717, 1.165) is 32.4 Å². The SMILES string of the molecule is O=C(CNC(=O)CC1CCCCC1)NCC1=CCNCC1. The lowest BCUT2D eigenvalue weighted by Gasteiger charge is -2.20. The first-order chi connectivity index (χ1) is 10.2. The lowest BCUT2D eigenvalue weighted by Crippen LogP contribution is -2.38. The summed E-state index contributed by atoms with van der Waals surface area (Å²) in [6.45, 7) is 2.54. The van der Waals surface area contributed by atoms with E-state index in [2.05, 4.69) is 22.0 Å². The Labute approximate surface area is 126 Å². The number of nitrogens with one attached hydrogen (secondary N) is 3. The molecule has 0 aromatic heterocycles. The Morgan fingerprint density at radius 1 is 1.14 bits per heavy atom. The lowest BCUT2D eigenvalue weighted by molar-refractivity contribution is -0.126. The molecule has 5 nitrogen and oxygen atoms in total.